The van der Waals surface area contributed by atoms with E-state index in [0.717, 1.165) is 5.69 Å². The molecule has 0 spiro atoms. The zero-order chi connectivity index (χ0) is 8.55. The second-order valence-electron chi connectivity index (χ2n) is 2.71. The van der Waals surface area contributed by atoms with Gasteiger partial charge in [0.05, 0.1) is 5.69 Å². The number of hydrogen-bond donors (Lipinski definition) is 1. The Hall–Kier alpha value is -1.52. The molecule has 1 aliphatic rings. The molecule has 1 N–H and O–H groups in total. The predicted octanol–water partition coefficient (Wildman–Crippen LogP) is 0.201. The van der Waals surface area contributed by atoms with Gasteiger partial charge in [0.15, 0.2) is 0 Å². The molecule has 1 amide bonds. The number of nitrogens with zero attached hydrogens (tertiary/aromatic N) is 2. The monoisotopic (exact) mass is 167 g/mol. The maximum Gasteiger partial charge on any atom is 0.407 e. The van der Waals surface area contributed by atoms with Crippen LogP contribution in [0.15, 0.2) is 12.3 Å². The number of rotatable bonds is 1. The molecule has 1 aromatic heterocycles. The van der Waals surface area contributed by atoms with Crippen molar-refractivity contribution in [2.75, 3.05) is 6.61 Å². The molecule has 5 nitrogen and oxygen atoms in total. The summed E-state index contributed by atoms with van der Waals surface area (Å²) in [5, 5.41) is 6.80. The maximum atomic E-state index is 10.7. The van der Waals surface area contributed by atoms with Gasteiger partial charge in [-0.3, -0.25) is 4.68 Å². The minimum Gasteiger partial charge on any atom is -0.447 e. The SMILES string of the molecule is Cn1ccc(C2COC(=O)N2)n1. The first-order valence-electron chi connectivity index (χ1n) is 3.68. The van der Waals surface area contributed by atoms with Gasteiger partial charge in [0.25, 0.3) is 0 Å². The largest absolute Gasteiger partial charge is 0.447 e. The zero-order valence-electron chi connectivity index (χ0n) is 6.65. The van der Waals surface area contributed by atoms with Crippen LogP contribution in [-0.4, -0.2) is 22.5 Å². The van der Waals surface area contributed by atoms with Crippen molar-refractivity contribution >= 4 is 6.09 Å². The van der Waals surface area contributed by atoms with E-state index >= 15 is 0 Å². The second-order valence-corrected chi connectivity index (χ2v) is 2.71. The van der Waals surface area contributed by atoms with E-state index in [0.29, 0.717) is 6.61 Å². The van der Waals surface area contributed by atoms with Crippen LogP contribution in [0.1, 0.15) is 11.7 Å². The minimum atomic E-state index is -0.370. The Morgan fingerprint density at radius 3 is 3.17 bits per heavy atom. The summed E-state index contributed by atoms with van der Waals surface area (Å²) in [6.45, 7) is 0.371. The van der Waals surface area contributed by atoms with Crippen molar-refractivity contribution < 1.29 is 9.53 Å². The van der Waals surface area contributed by atoms with Crippen molar-refractivity contribution in [2.24, 2.45) is 7.05 Å². The molecule has 0 bridgehead atoms. The van der Waals surface area contributed by atoms with Gasteiger partial charge in [0.1, 0.15) is 12.6 Å². The topological polar surface area (TPSA) is 56.1 Å². The van der Waals surface area contributed by atoms with Gasteiger partial charge < -0.3 is 10.1 Å². The highest BCUT2D eigenvalue weighted by Crippen LogP contribution is 2.14. The lowest BCUT2D eigenvalue weighted by Gasteiger charge is -2.00. The molecule has 0 aromatic carbocycles. The number of ether oxygens (including phenoxy) is 1. The molecular weight excluding hydrogens is 158 g/mol. The molecule has 2 heterocycles. The molecule has 0 saturated carbocycles. The average Bonchev–Trinajstić information content (AvgIpc) is 2.58. The predicted molar refractivity (Wildman–Crippen MR) is 40.4 cm³/mol. The number of carbonyl (C=O) groups excluding carboxylic acids is 1. The van der Waals surface area contributed by atoms with Crippen LogP contribution < -0.4 is 5.32 Å². The van der Waals surface area contributed by atoms with E-state index in [2.05, 4.69) is 10.4 Å². The summed E-state index contributed by atoms with van der Waals surface area (Å²) in [6.07, 6.45) is 1.46. The fourth-order valence-electron chi connectivity index (χ4n) is 1.16. The van der Waals surface area contributed by atoms with Gasteiger partial charge in [0.2, 0.25) is 0 Å². The first-order chi connectivity index (χ1) is 5.75. The molecule has 1 atom stereocenters. The van der Waals surface area contributed by atoms with Gasteiger partial charge in [-0.2, -0.15) is 5.10 Å². The Morgan fingerprint density at radius 2 is 2.67 bits per heavy atom. The van der Waals surface area contributed by atoms with Crippen molar-refractivity contribution in [3.8, 4) is 0 Å². The molecule has 0 aliphatic carbocycles. The van der Waals surface area contributed by atoms with E-state index in [1.54, 1.807) is 4.68 Å². The number of amides is 1. The number of alkyl carbamates (subject to hydrolysis) is 1. The Bertz CT molecular complexity index is 307. The number of aryl methyl sites for hydroxylation is 1. The molecule has 1 unspecified atom stereocenters. The van der Waals surface area contributed by atoms with Crippen LogP contribution in [0.4, 0.5) is 4.79 Å². The van der Waals surface area contributed by atoms with E-state index in [-0.39, 0.29) is 12.1 Å². The normalized spacial score (nSPS) is 22.1. The lowest BCUT2D eigenvalue weighted by atomic mass is 10.2. The molecule has 5 heteroatoms. The summed E-state index contributed by atoms with van der Waals surface area (Å²) in [6, 6.07) is 1.78. The second kappa shape index (κ2) is 2.51. The van der Waals surface area contributed by atoms with E-state index in [9.17, 15) is 4.79 Å². The molecular formula is C7H9N3O2. The highest BCUT2D eigenvalue weighted by molar-refractivity contribution is 5.69. The number of carbonyl (C=O) groups is 1. The lowest BCUT2D eigenvalue weighted by molar-refractivity contribution is 0.177. The van der Waals surface area contributed by atoms with Crippen LogP contribution in [0.5, 0.6) is 0 Å². The standard InChI is InChI=1S/C7H9N3O2/c1-10-3-2-5(9-10)6-4-12-7(11)8-6/h2-3,6H,4H2,1H3,(H,8,11). The Balaban J connectivity index is 2.15. The highest BCUT2D eigenvalue weighted by Gasteiger charge is 2.25. The van der Waals surface area contributed by atoms with Gasteiger partial charge in [0, 0.05) is 13.2 Å². The first kappa shape index (κ1) is 7.15. The number of cyclic esters (lactones) is 1. The summed E-state index contributed by atoms with van der Waals surface area (Å²) in [7, 11) is 1.83. The Morgan fingerprint density at radius 1 is 1.83 bits per heavy atom. The highest BCUT2D eigenvalue weighted by atomic mass is 16.6. The molecule has 64 valence electrons. The third-order valence-electron chi connectivity index (χ3n) is 1.76. The fourth-order valence-corrected chi connectivity index (χ4v) is 1.16. The van der Waals surface area contributed by atoms with Crippen LogP contribution in [0.3, 0.4) is 0 Å². The van der Waals surface area contributed by atoms with Crippen molar-refractivity contribution in [2.45, 2.75) is 6.04 Å². The van der Waals surface area contributed by atoms with Crippen LogP contribution in [-0.2, 0) is 11.8 Å². The molecule has 1 fully saturated rings. The fraction of sp³-hybridized carbons (Fsp3) is 0.429. The first-order valence-corrected chi connectivity index (χ1v) is 3.68. The summed E-state index contributed by atoms with van der Waals surface area (Å²) in [4.78, 5) is 10.7. The number of nitrogens with one attached hydrogen (secondary N) is 1. The molecule has 1 aromatic rings. The van der Waals surface area contributed by atoms with Crippen molar-refractivity contribution in [1.29, 1.82) is 0 Å². The van der Waals surface area contributed by atoms with Gasteiger partial charge in [-0.25, -0.2) is 4.79 Å². The van der Waals surface area contributed by atoms with Gasteiger partial charge in [-0.05, 0) is 6.07 Å². The minimum absolute atomic E-state index is 0.0845. The van der Waals surface area contributed by atoms with Crippen molar-refractivity contribution in [1.82, 2.24) is 15.1 Å². The zero-order valence-corrected chi connectivity index (χ0v) is 6.65. The van der Waals surface area contributed by atoms with E-state index in [1.165, 1.54) is 0 Å². The summed E-state index contributed by atoms with van der Waals surface area (Å²) in [5.74, 6) is 0. The van der Waals surface area contributed by atoms with Crippen molar-refractivity contribution in [3.63, 3.8) is 0 Å². The third kappa shape index (κ3) is 1.13. The van der Waals surface area contributed by atoms with E-state index in [1.807, 2.05) is 19.3 Å². The molecule has 2 rings (SSSR count). The number of aromatic nitrogens is 2. The van der Waals surface area contributed by atoms with Crippen molar-refractivity contribution in [3.05, 3.63) is 18.0 Å². The van der Waals surface area contributed by atoms with Crippen LogP contribution in [0.2, 0.25) is 0 Å². The molecule has 1 saturated heterocycles. The smallest absolute Gasteiger partial charge is 0.407 e. The average molecular weight is 167 g/mol. The van der Waals surface area contributed by atoms with Crippen LogP contribution in [0.25, 0.3) is 0 Å². The van der Waals surface area contributed by atoms with Gasteiger partial charge in [-0.1, -0.05) is 0 Å². The molecule has 1 aliphatic heterocycles. The Kier molecular flexibility index (Phi) is 1.49. The third-order valence-corrected chi connectivity index (χ3v) is 1.76. The maximum absolute atomic E-state index is 10.7. The lowest BCUT2D eigenvalue weighted by Crippen LogP contribution is -2.18. The summed E-state index contributed by atoms with van der Waals surface area (Å²) in [5.41, 5.74) is 0.836. The van der Waals surface area contributed by atoms with Gasteiger partial charge in [-0.15, -0.1) is 0 Å². The van der Waals surface area contributed by atoms with E-state index in [4.69, 9.17) is 4.74 Å². The van der Waals surface area contributed by atoms with E-state index < -0.39 is 0 Å². The summed E-state index contributed by atoms with van der Waals surface area (Å²) < 4.78 is 6.42. The van der Waals surface area contributed by atoms with Crippen LogP contribution >= 0.6 is 0 Å². The summed E-state index contributed by atoms with van der Waals surface area (Å²) >= 11 is 0. The molecule has 0 radical (unpaired) electrons. The van der Waals surface area contributed by atoms with Crippen LogP contribution in [0, 0.1) is 0 Å². The quantitative estimate of drug-likeness (QED) is 0.650. The van der Waals surface area contributed by atoms with Gasteiger partial charge >= 0.3 is 6.09 Å². The Labute approximate surface area is 69.3 Å². The molecule has 12 heavy (non-hydrogen) atoms. The number of hydrogen-bond acceptors (Lipinski definition) is 3.